The fourth-order valence-corrected chi connectivity index (χ4v) is 3.68. The van der Waals surface area contributed by atoms with Crippen LogP contribution >= 0.6 is 11.6 Å². The molecule has 0 saturated carbocycles. The molecule has 1 atom stereocenters. The van der Waals surface area contributed by atoms with Crippen LogP contribution in [0, 0.1) is 0 Å². The molecule has 0 aromatic heterocycles. The Hall–Kier alpha value is -1.75. The zero-order valence-electron chi connectivity index (χ0n) is 15.8. The first-order valence-electron chi connectivity index (χ1n) is 9.24. The van der Waals surface area contributed by atoms with Gasteiger partial charge in [-0.15, -0.1) is 0 Å². The maximum Gasteiger partial charge on any atom is 0.124 e. The Balaban J connectivity index is 2.05. The molecule has 1 aliphatic rings. The van der Waals surface area contributed by atoms with E-state index in [0.717, 1.165) is 42.5 Å². The maximum atomic E-state index is 6.36. The summed E-state index contributed by atoms with van der Waals surface area (Å²) in [6.07, 6.45) is 0. The highest BCUT2D eigenvalue weighted by Crippen LogP contribution is 2.37. The summed E-state index contributed by atoms with van der Waals surface area (Å²) >= 11 is 6.36. The molecule has 26 heavy (non-hydrogen) atoms. The van der Waals surface area contributed by atoms with E-state index in [0.29, 0.717) is 6.61 Å². The van der Waals surface area contributed by atoms with E-state index in [1.54, 1.807) is 0 Å². The van der Waals surface area contributed by atoms with E-state index in [2.05, 4.69) is 59.5 Å². The van der Waals surface area contributed by atoms with Crippen LogP contribution in [0.25, 0.3) is 0 Å². The first kappa shape index (κ1) is 19.0. The molecule has 5 heteroatoms. The highest BCUT2D eigenvalue weighted by atomic mass is 35.5. The first-order valence-corrected chi connectivity index (χ1v) is 9.62. The van der Waals surface area contributed by atoms with Crippen LogP contribution in [-0.2, 0) is 0 Å². The van der Waals surface area contributed by atoms with Crippen molar-refractivity contribution in [1.29, 1.82) is 0 Å². The third-order valence-electron chi connectivity index (χ3n) is 4.81. The molecule has 3 rings (SSSR count). The highest BCUT2D eigenvalue weighted by Gasteiger charge is 2.27. The van der Waals surface area contributed by atoms with Gasteiger partial charge >= 0.3 is 0 Å². The van der Waals surface area contributed by atoms with E-state index < -0.39 is 0 Å². The average Bonchev–Trinajstić information content (AvgIpc) is 2.65. The van der Waals surface area contributed by atoms with Crippen LogP contribution < -0.4 is 15.0 Å². The van der Waals surface area contributed by atoms with E-state index in [-0.39, 0.29) is 6.04 Å². The molecule has 4 nitrogen and oxygen atoms in total. The molecule has 1 fully saturated rings. The zero-order chi connectivity index (χ0) is 18.5. The number of hydrogen-bond acceptors (Lipinski definition) is 4. The van der Waals surface area contributed by atoms with Crippen molar-refractivity contribution in [2.45, 2.75) is 13.0 Å². The average molecular weight is 374 g/mol. The lowest BCUT2D eigenvalue weighted by molar-refractivity contribution is 0.194. The predicted octanol–water partition coefficient (Wildman–Crippen LogP) is 3.80. The molecule has 2 aromatic rings. The number of anilines is 1. The summed E-state index contributed by atoms with van der Waals surface area (Å²) in [5.41, 5.74) is 3.60. The van der Waals surface area contributed by atoms with Crippen molar-refractivity contribution in [2.24, 2.45) is 0 Å². The number of halogens is 1. The number of hydrogen-bond donors (Lipinski definition) is 1. The summed E-state index contributed by atoms with van der Waals surface area (Å²) in [6.45, 7) is 6.65. The van der Waals surface area contributed by atoms with Gasteiger partial charge in [0.05, 0.1) is 12.6 Å². The Morgan fingerprint density at radius 1 is 1.12 bits per heavy atom. The second kappa shape index (κ2) is 8.76. The fourth-order valence-electron chi connectivity index (χ4n) is 3.50. The molecule has 0 radical (unpaired) electrons. The molecule has 1 aliphatic heterocycles. The number of nitrogens with zero attached hydrogens (tertiary/aromatic N) is 2. The van der Waals surface area contributed by atoms with E-state index in [1.165, 1.54) is 11.3 Å². The third-order valence-corrected chi connectivity index (χ3v) is 5.04. The molecule has 140 valence electrons. The summed E-state index contributed by atoms with van der Waals surface area (Å²) < 4.78 is 5.94. The Bertz CT molecular complexity index is 712. The van der Waals surface area contributed by atoms with E-state index >= 15 is 0 Å². The van der Waals surface area contributed by atoms with Crippen molar-refractivity contribution in [1.82, 2.24) is 10.2 Å². The summed E-state index contributed by atoms with van der Waals surface area (Å²) in [7, 11) is 4.12. The second-order valence-electron chi connectivity index (χ2n) is 6.79. The summed E-state index contributed by atoms with van der Waals surface area (Å²) in [6, 6.07) is 14.9. The minimum Gasteiger partial charge on any atom is -0.494 e. The Morgan fingerprint density at radius 2 is 1.81 bits per heavy atom. The first-order chi connectivity index (χ1) is 12.6. The van der Waals surface area contributed by atoms with Crippen molar-refractivity contribution in [3.63, 3.8) is 0 Å². The smallest absolute Gasteiger partial charge is 0.124 e. The predicted molar refractivity (Wildman–Crippen MR) is 110 cm³/mol. The van der Waals surface area contributed by atoms with Gasteiger partial charge in [-0.25, -0.2) is 0 Å². The summed E-state index contributed by atoms with van der Waals surface area (Å²) in [4.78, 5) is 4.63. The van der Waals surface area contributed by atoms with Crippen molar-refractivity contribution in [2.75, 3.05) is 51.8 Å². The SMILES string of the molecule is CCOc1ccc(Cl)cc1C(c1ccc(N(C)C)cc1)N1CCNCC1. The van der Waals surface area contributed by atoms with Crippen LogP contribution in [-0.4, -0.2) is 51.8 Å². The molecule has 0 amide bonds. The Labute approximate surface area is 161 Å². The zero-order valence-corrected chi connectivity index (χ0v) is 16.6. The molecule has 1 N–H and O–H groups in total. The molecule has 1 unspecified atom stereocenters. The largest absolute Gasteiger partial charge is 0.494 e. The number of piperazine rings is 1. The molecule has 2 aromatic carbocycles. The van der Waals surface area contributed by atoms with Crippen LogP contribution in [0.15, 0.2) is 42.5 Å². The second-order valence-corrected chi connectivity index (χ2v) is 7.23. The lowest BCUT2D eigenvalue weighted by Gasteiger charge is -2.36. The van der Waals surface area contributed by atoms with Crippen LogP contribution in [0.5, 0.6) is 5.75 Å². The minimum absolute atomic E-state index is 0.133. The van der Waals surface area contributed by atoms with Crippen molar-refractivity contribution >= 4 is 17.3 Å². The Morgan fingerprint density at radius 3 is 2.42 bits per heavy atom. The third kappa shape index (κ3) is 4.32. The summed E-state index contributed by atoms with van der Waals surface area (Å²) in [5, 5.41) is 4.19. The number of rotatable bonds is 6. The summed E-state index contributed by atoms with van der Waals surface area (Å²) in [5.74, 6) is 0.914. The van der Waals surface area contributed by atoms with Gasteiger partial charge in [-0.1, -0.05) is 23.7 Å². The molecule has 0 spiro atoms. The number of nitrogens with one attached hydrogen (secondary N) is 1. The molecule has 0 bridgehead atoms. The van der Waals surface area contributed by atoms with Gasteiger partial charge in [-0.05, 0) is 42.8 Å². The highest BCUT2D eigenvalue weighted by molar-refractivity contribution is 6.30. The van der Waals surface area contributed by atoms with Gasteiger partial charge in [-0.2, -0.15) is 0 Å². The van der Waals surface area contributed by atoms with Gasteiger partial charge in [-0.3, -0.25) is 4.90 Å². The quantitative estimate of drug-likeness (QED) is 0.833. The van der Waals surface area contributed by atoms with Crippen LogP contribution in [0.3, 0.4) is 0 Å². The van der Waals surface area contributed by atoms with Gasteiger partial charge in [0.25, 0.3) is 0 Å². The molecule has 1 heterocycles. The minimum atomic E-state index is 0.133. The number of ether oxygens (including phenoxy) is 1. The van der Waals surface area contributed by atoms with Gasteiger partial charge in [0, 0.05) is 56.5 Å². The molecular formula is C21H28ClN3O. The van der Waals surface area contributed by atoms with Crippen LogP contribution in [0.2, 0.25) is 5.02 Å². The van der Waals surface area contributed by atoms with Gasteiger partial charge in [0.15, 0.2) is 0 Å². The van der Waals surface area contributed by atoms with Crippen molar-refractivity contribution in [3.05, 3.63) is 58.6 Å². The fraction of sp³-hybridized carbons (Fsp3) is 0.429. The van der Waals surface area contributed by atoms with Gasteiger partial charge in [0.2, 0.25) is 0 Å². The van der Waals surface area contributed by atoms with Gasteiger partial charge in [0.1, 0.15) is 5.75 Å². The van der Waals surface area contributed by atoms with Gasteiger partial charge < -0.3 is 15.0 Å². The molecule has 0 aliphatic carbocycles. The maximum absolute atomic E-state index is 6.36. The standard InChI is InChI=1S/C21H28ClN3O/c1-4-26-20-10-7-17(22)15-19(20)21(25-13-11-23-12-14-25)16-5-8-18(9-6-16)24(2)3/h5-10,15,21,23H,4,11-14H2,1-3H3. The van der Waals surface area contributed by atoms with E-state index in [1.807, 2.05) is 19.1 Å². The van der Waals surface area contributed by atoms with Crippen molar-refractivity contribution < 1.29 is 4.74 Å². The van der Waals surface area contributed by atoms with E-state index in [4.69, 9.17) is 16.3 Å². The van der Waals surface area contributed by atoms with E-state index in [9.17, 15) is 0 Å². The van der Waals surface area contributed by atoms with Crippen molar-refractivity contribution in [3.8, 4) is 5.75 Å². The monoisotopic (exact) mass is 373 g/mol. The van der Waals surface area contributed by atoms with Crippen LogP contribution in [0.4, 0.5) is 5.69 Å². The lowest BCUT2D eigenvalue weighted by atomic mass is 9.95. The number of benzene rings is 2. The normalized spacial score (nSPS) is 16.3. The Kier molecular flexibility index (Phi) is 6.41. The topological polar surface area (TPSA) is 27.7 Å². The molecular weight excluding hydrogens is 346 g/mol. The molecule has 1 saturated heterocycles. The lowest BCUT2D eigenvalue weighted by Crippen LogP contribution is -2.45. The van der Waals surface area contributed by atoms with Crippen LogP contribution in [0.1, 0.15) is 24.1 Å².